The smallest absolute Gasteiger partial charge is 0.220 e. The van der Waals surface area contributed by atoms with E-state index >= 15 is 0 Å². The van der Waals surface area contributed by atoms with Crippen LogP contribution < -0.4 is 10.1 Å². The van der Waals surface area contributed by atoms with Crippen molar-refractivity contribution in [2.75, 3.05) is 14.2 Å². The van der Waals surface area contributed by atoms with Crippen LogP contribution in [0.15, 0.2) is 42.0 Å². The maximum atomic E-state index is 12.3. The fourth-order valence-corrected chi connectivity index (χ4v) is 3.56. The molecule has 1 rings (SSSR count). The van der Waals surface area contributed by atoms with Crippen molar-refractivity contribution in [3.8, 4) is 5.75 Å². The zero-order chi connectivity index (χ0) is 23.9. The van der Waals surface area contributed by atoms with Gasteiger partial charge in [-0.25, -0.2) is 0 Å². The molecule has 0 spiro atoms. The summed E-state index contributed by atoms with van der Waals surface area (Å²) in [7, 11) is 3.33. The minimum Gasteiger partial charge on any atom is -0.496 e. The van der Waals surface area contributed by atoms with E-state index in [1.807, 2.05) is 26.0 Å². The molecule has 0 aliphatic rings. The van der Waals surface area contributed by atoms with Crippen LogP contribution in [0.4, 0.5) is 0 Å². The minimum absolute atomic E-state index is 0.0181. The van der Waals surface area contributed by atoms with Gasteiger partial charge in [-0.1, -0.05) is 56.7 Å². The van der Waals surface area contributed by atoms with Crippen molar-refractivity contribution in [2.45, 2.75) is 85.0 Å². The summed E-state index contributed by atoms with van der Waals surface area (Å²) < 4.78 is 10.9. The fraction of sp³-hybridized carbons (Fsp3) is 0.593. The van der Waals surface area contributed by atoms with Crippen LogP contribution >= 0.6 is 0 Å². The average Bonchev–Trinajstić information content (AvgIpc) is 2.79. The Morgan fingerprint density at radius 3 is 2.62 bits per heavy atom. The van der Waals surface area contributed by atoms with Crippen LogP contribution in [0.1, 0.15) is 70.9 Å². The van der Waals surface area contributed by atoms with Crippen LogP contribution in [0.25, 0.3) is 0 Å². The Kier molecular flexibility index (Phi) is 13.7. The second kappa shape index (κ2) is 15.7. The number of nitrogens with one attached hydrogen (secondary N) is 1. The van der Waals surface area contributed by atoms with E-state index in [1.165, 1.54) is 11.1 Å². The second-order valence-electron chi connectivity index (χ2n) is 8.53. The van der Waals surface area contributed by atoms with Gasteiger partial charge in [0.2, 0.25) is 5.91 Å². The quantitative estimate of drug-likeness (QED) is 0.357. The van der Waals surface area contributed by atoms with E-state index < -0.39 is 6.10 Å². The number of aliphatic hydroxyl groups is 1. The molecule has 5 heteroatoms. The van der Waals surface area contributed by atoms with Gasteiger partial charge in [0.1, 0.15) is 5.75 Å². The van der Waals surface area contributed by atoms with E-state index in [0.29, 0.717) is 25.8 Å². The van der Waals surface area contributed by atoms with Gasteiger partial charge in [-0.3, -0.25) is 4.79 Å². The van der Waals surface area contributed by atoms with Crippen molar-refractivity contribution >= 4 is 5.91 Å². The minimum atomic E-state index is -0.463. The number of ether oxygens (including phenoxy) is 2. The topological polar surface area (TPSA) is 67.8 Å². The molecule has 0 fully saturated rings. The third-order valence-electron chi connectivity index (χ3n) is 5.84. The van der Waals surface area contributed by atoms with Gasteiger partial charge in [-0.15, -0.1) is 0 Å². The summed E-state index contributed by atoms with van der Waals surface area (Å²) in [4.78, 5) is 12.3. The molecule has 0 saturated heterocycles. The highest BCUT2D eigenvalue weighted by molar-refractivity contribution is 5.75. The van der Waals surface area contributed by atoms with Gasteiger partial charge in [0.15, 0.2) is 0 Å². The van der Waals surface area contributed by atoms with Crippen molar-refractivity contribution in [1.82, 2.24) is 5.32 Å². The van der Waals surface area contributed by atoms with Crippen LogP contribution in [-0.4, -0.2) is 37.4 Å². The predicted molar refractivity (Wildman–Crippen MR) is 132 cm³/mol. The van der Waals surface area contributed by atoms with Crippen molar-refractivity contribution in [1.29, 1.82) is 0 Å². The Bertz CT molecular complexity index is 737. The van der Waals surface area contributed by atoms with Crippen LogP contribution in [0.5, 0.6) is 5.75 Å². The van der Waals surface area contributed by atoms with Gasteiger partial charge in [-0.2, -0.15) is 0 Å². The molecule has 3 atom stereocenters. The van der Waals surface area contributed by atoms with Gasteiger partial charge < -0.3 is 19.9 Å². The van der Waals surface area contributed by atoms with Gasteiger partial charge in [0.25, 0.3) is 0 Å². The first-order valence-electron chi connectivity index (χ1n) is 11.8. The summed E-state index contributed by atoms with van der Waals surface area (Å²) in [6.45, 7) is 8.70. The van der Waals surface area contributed by atoms with Gasteiger partial charge >= 0.3 is 0 Å². The lowest BCUT2D eigenvalue weighted by atomic mass is 9.94. The summed E-state index contributed by atoms with van der Waals surface area (Å²) in [5, 5.41) is 13.3. The second-order valence-corrected chi connectivity index (χ2v) is 8.53. The molecular formula is C27H43NO4. The molecule has 0 bridgehead atoms. The zero-order valence-electron chi connectivity index (χ0n) is 20.8. The highest BCUT2D eigenvalue weighted by Crippen LogP contribution is 2.22. The molecule has 32 heavy (non-hydrogen) atoms. The highest BCUT2D eigenvalue weighted by Gasteiger charge is 2.19. The molecule has 180 valence electrons. The molecule has 3 unspecified atom stereocenters. The van der Waals surface area contributed by atoms with E-state index in [1.54, 1.807) is 14.2 Å². The monoisotopic (exact) mass is 445 g/mol. The van der Waals surface area contributed by atoms with Gasteiger partial charge in [0.05, 0.1) is 19.3 Å². The number of hydrogen-bond donors (Lipinski definition) is 2. The molecule has 1 aromatic carbocycles. The predicted octanol–water partition coefficient (Wildman–Crippen LogP) is 5.36. The molecular weight excluding hydrogens is 402 g/mol. The number of allylic oxidation sites excluding steroid dienone is 4. The number of aliphatic hydroxyl groups excluding tert-OH is 1. The van der Waals surface area contributed by atoms with Crippen molar-refractivity contribution in [3.63, 3.8) is 0 Å². The Labute approximate surface area is 194 Å². The number of carbonyl (C=O) groups excluding carboxylic acids is 1. The van der Waals surface area contributed by atoms with E-state index in [9.17, 15) is 9.90 Å². The molecule has 0 heterocycles. The lowest BCUT2D eigenvalue weighted by Gasteiger charge is -2.22. The molecule has 0 saturated carbocycles. The standard InChI is InChI=1S/C27H43NO4/c1-7-9-10-11-20(3)16-22-13-14-23(26(17-22)32-6)19-28-27(30)15-12-21(4)25(29)18-24(8-2)31-5/h9-11,13-14,17,21,24-25,29H,7-8,12,15-16,18-19H2,1-6H3,(H,28,30)/b10-9+,20-11+. The SMILES string of the molecule is CC/C=C/C=C(\C)Cc1ccc(CNC(=O)CCC(C)C(O)CC(CC)OC)c(OC)c1. The summed E-state index contributed by atoms with van der Waals surface area (Å²) in [5.41, 5.74) is 3.42. The number of carbonyl (C=O) groups is 1. The number of amides is 1. The summed E-state index contributed by atoms with van der Waals surface area (Å²) in [6, 6.07) is 6.15. The van der Waals surface area contributed by atoms with E-state index in [0.717, 1.165) is 30.6 Å². The Balaban J connectivity index is 2.55. The van der Waals surface area contributed by atoms with E-state index in [-0.39, 0.29) is 17.9 Å². The summed E-state index contributed by atoms with van der Waals surface area (Å²) >= 11 is 0. The molecule has 2 N–H and O–H groups in total. The Hall–Kier alpha value is -2.11. The first-order chi connectivity index (χ1) is 15.3. The third kappa shape index (κ3) is 10.5. The van der Waals surface area contributed by atoms with E-state index in [4.69, 9.17) is 9.47 Å². The maximum Gasteiger partial charge on any atom is 0.220 e. The Morgan fingerprint density at radius 1 is 1.25 bits per heavy atom. The van der Waals surface area contributed by atoms with Crippen LogP contribution in [0.3, 0.4) is 0 Å². The first-order valence-corrected chi connectivity index (χ1v) is 11.8. The number of rotatable bonds is 15. The molecule has 0 radical (unpaired) electrons. The van der Waals surface area contributed by atoms with Gasteiger partial charge in [0, 0.05) is 25.6 Å². The lowest BCUT2D eigenvalue weighted by Crippen LogP contribution is -2.27. The molecule has 0 aliphatic heterocycles. The molecule has 0 aliphatic carbocycles. The summed E-state index contributed by atoms with van der Waals surface area (Å²) in [5.74, 6) is 0.811. The van der Waals surface area contributed by atoms with Crippen LogP contribution in [0.2, 0.25) is 0 Å². The molecule has 1 aromatic rings. The zero-order valence-corrected chi connectivity index (χ0v) is 20.8. The first kappa shape index (κ1) is 27.9. The Morgan fingerprint density at radius 2 is 2.00 bits per heavy atom. The number of benzene rings is 1. The van der Waals surface area contributed by atoms with Gasteiger partial charge in [-0.05, 0) is 56.6 Å². The number of methoxy groups -OCH3 is 2. The number of hydrogen-bond acceptors (Lipinski definition) is 4. The lowest BCUT2D eigenvalue weighted by molar-refractivity contribution is -0.121. The normalized spacial score (nSPS) is 14.9. The van der Waals surface area contributed by atoms with Crippen molar-refractivity contribution in [2.24, 2.45) is 5.92 Å². The molecule has 5 nitrogen and oxygen atoms in total. The largest absolute Gasteiger partial charge is 0.496 e. The highest BCUT2D eigenvalue weighted by atomic mass is 16.5. The van der Waals surface area contributed by atoms with Crippen LogP contribution in [-0.2, 0) is 22.5 Å². The third-order valence-corrected chi connectivity index (χ3v) is 5.84. The fourth-order valence-electron chi connectivity index (χ4n) is 3.56. The molecule has 1 amide bonds. The van der Waals surface area contributed by atoms with E-state index in [2.05, 4.69) is 43.5 Å². The molecule has 0 aromatic heterocycles. The van der Waals surface area contributed by atoms with Crippen LogP contribution in [0, 0.1) is 5.92 Å². The summed E-state index contributed by atoms with van der Waals surface area (Å²) in [6.07, 6.45) is 10.4. The maximum absolute atomic E-state index is 12.3. The van der Waals surface area contributed by atoms with Crippen molar-refractivity contribution in [3.05, 3.63) is 53.1 Å². The van der Waals surface area contributed by atoms with Crippen molar-refractivity contribution < 1.29 is 19.4 Å². The average molecular weight is 446 g/mol.